The van der Waals surface area contributed by atoms with Crippen LogP contribution in [0.3, 0.4) is 0 Å². The second-order valence-corrected chi connectivity index (χ2v) is 8.14. The predicted octanol–water partition coefficient (Wildman–Crippen LogP) is 1.79. The van der Waals surface area contributed by atoms with Crippen LogP contribution in [0.5, 0.6) is 0 Å². The highest BCUT2D eigenvalue weighted by Crippen LogP contribution is 2.20. The van der Waals surface area contributed by atoms with Crippen LogP contribution in [0.15, 0.2) is 52.2 Å². The van der Waals surface area contributed by atoms with E-state index >= 15 is 0 Å². The quantitative estimate of drug-likeness (QED) is 0.519. The van der Waals surface area contributed by atoms with Crippen molar-refractivity contribution in [2.24, 2.45) is 0 Å². The second-order valence-electron chi connectivity index (χ2n) is 4.59. The number of hydrogen-bond acceptors (Lipinski definition) is 8. The van der Waals surface area contributed by atoms with Gasteiger partial charge in [0.25, 0.3) is 10.0 Å². The molecule has 0 unspecified atom stereocenters. The molecule has 0 saturated carbocycles. The Balaban J connectivity index is 1.59. The summed E-state index contributed by atoms with van der Waals surface area (Å²) in [5.74, 6) is -0.0844. The number of aromatic amines is 1. The topological polar surface area (TPSA) is 130 Å². The number of carbonyl (C=O) groups excluding carboxylic acids is 1. The fourth-order valence-corrected chi connectivity index (χ4v) is 4.13. The Morgan fingerprint density at radius 1 is 1.24 bits per heavy atom. The number of amides is 1. The number of sulfonamides is 1. The van der Waals surface area contributed by atoms with Crippen molar-refractivity contribution < 1.29 is 13.2 Å². The molecule has 12 heteroatoms. The summed E-state index contributed by atoms with van der Waals surface area (Å²) in [6.07, 6.45) is 2.87. The van der Waals surface area contributed by atoms with Gasteiger partial charge in [0.2, 0.25) is 5.91 Å². The Morgan fingerprint density at radius 2 is 2.04 bits per heavy atom. The van der Waals surface area contributed by atoms with E-state index in [1.807, 2.05) is 0 Å². The molecule has 0 radical (unpaired) electrons. The minimum atomic E-state index is -3.71. The number of anilines is 2. The highest BCUT2D eigenvalue weighted by atomic mass is 32.2. The van der Waals surface area contributed by atoms with Crippen LogP contribution in [-0.2, 0) is 14.8 Å². The number of nitrogens with one attached hydrogen (secondary N) is 3. The van der Waals surface area contributed by atoms with Gasteiger partial charge in [0.05, 0.1) is 10.6 Å². The van der Waals surface area contributed by atoms with Crippen LogP contribution in [-0.4, -0.2) is 40.2 Å². The summed E-state index contributed by atoms with van der Waals surface area (Å²) in [7, 11) is -3.71. The summed E-state index contributed by atoms with van der Waals surface area (Å²) in [6, 6.07) is 5.87. The van der Waals surface area contributed by atoms with Crippen molar-refractivity contribution in [2.45, 2.75) is 10.1 Å². The number of nitrogens with zero attached hydrogens (tertiary/aromatic N) is 3. The van der Waals surface area contributed by atoms with Gasteiger partial charge in [-0.05, 0) is 24.3 Å². The molecule has 0 spiro atoms. The molecule has 0 fully saturated rings. The largest absolute Gasteiger partial charge is 0.325 e. The van der Waals surface area contributed by atoms with Crippen LogP contribution in [0.1, 0.15) is 0 Å². The van der Waals surface area contributed by atoms with Gasteiger partial charge in [0.1, 0.15) is 6.33 Å². The van der Waals surface area contributed by atoms with Gasteiger partial charge in [-0.2, -0.15) is 5.10 Å². The maximum atomic E-state index is 12.2. The molecule has 9 nitrogen and oxygen atoms in total. The number of thiazole rings is 1. The van der Waals surface area contributed by atoms with Crippen LogP contribution in [0.2, 0.25) is 0 Å². The third kappa shape index (κ3) is 4.78. The summed E-state index contributed by atoms with van der Waals surface area (Å²) in [4.78, 5) is 19.7. The van der Waals surface area contributed by atoms with E-state index in [2.05, 4.69) is 30.2 Å². The fourth-order valence-electron chi connectivity index (χ4n) is 1.76. The Labute approximate surface area is 151 Å². The molecule has 2 aromatic heterocycles. The zero-order valence-corrected chi connectivity index (χ0v) is 15.0. The van der Waals surface area contributed by atoms with Gasteiger partial charge in [0.15, 0.2) is 10.3 Å². The average Bonchev–Trinajstić information content (AvgIpc) is 3.27. The Hall–Kier alpha value is -2.44. The molecule has 0 saturated heterocycles. The van der Waals surface area contributed by atoms with Crippen LogP contribution < -0.4 is 10.0 Å². The first kappa shape index (κ1) is 17.4. The Kier molecular flexibility index (Phi) is 5.31. The zero-order chi connectivity index (χ0) is 17.7. The minimum absolute atomic E-state index is 0.0803. The number of hydrogen-bond donors (Lipinski definition) is 3. The van der Waals surface area contributed by atoms with E-state index in [-0.39, 0.29) is 16.6 Å². The fraction of sp³-hybridized carbons (Fsp3) is 0.0769. The van der Waals surface area contributed by atoms with E-state index < -0.39 is 10.0 Å². The van der Waals surface area contributed by atoms with Crippen molar-refractivity contribution in [3.05, 3.63) is 42.2 Å². The minimum Gasteiger partial charge on any atom is -0.325 e. The molecule has 0 atom stereocenters. The van der Waals surface area contributed by atoms with Gasteiger partial charge in [-0.25, -0.2) is 18.4 Å². The summed E-state index contributed by atoms with van der Waals surface area (Å²) in [5.41, 5.74) is 0.497. The number of benzene rings is 1. The zero-order valence-electron chi connectivity index (χ0n) is 12.5. The smallest absolute Gasteiger partial charge is 0.263 e. The SMILES string of the molecule is O=C(CSc1ncn[nH]1)Nc1ccc(S(=O)(=O)Nc2nccs2)cc1. The lowest BCUT2D eigenvalue weighted by Gasteiger charge is -2.07. The molecule has 0 aliphatic heterocycles. The predicted molar refractivity (Wildman–Crippen MR) is 95.1 cm³/mol. The third-order valence-electron chi connectivity index (χ3n) is 2.84. The second kappa shape index (κ2) is 7.63. The van der Waals surface area contributed by atoms with Gasteiger partial charge < -0.3 is 5.32 Å². The monoisotopic (exact) mass is 396 g/mol. The number of H-pyrrole nitrogens is 1. The van der Waals surface area contributed by atoms with E-state index in [9.17, 15) is 13.2 Å². The molecule has 0 aliphatic carbocycles. The third-order valence-corrected chi connectivity index (χ3v) is 5.88. The van der Waals surface area contributed by atoms with Crippen LogP contribution in [0, 0.1) is 0 Å². The molecule has 3 N–H and O–H groups in total. The number of thioether (sulfide) groups is 1. The summed E-state index contributed by atoms with van der Waals surface area (Å²) in [5, 5.41) is 11.5. The Bertz CT molecular complexity index is 924. The summed E-state index contributed by atoms with van der Waals surface area (Å²) in [6.45, 7) is 0. The van der Waals surface area contributed by atoms with Gasteiger partial charge in [-0.3, -0.25) is 14.6 Å². The maximum absolute atomic E-state index is 12.2. The van der Waals surface area contributed by atoms with Gasteiger partial charge in [-0.15, -0.1) is 11.3 Å². The van der Waals surface area contributed by atoms with Crippen molar-refractivity contribution in [1.82, 2.24) is 20.2 Å². The van der Waals surface area contributed by atoms with Crippen molar-refractivity contribution in [1.29, 1.82) is 0 Å². The molecular formula is C13H12N6O3S3. The van der Waals surface area contributed by atoms with E-state index in [1.165, 1.54) is 59.9 Å². The molecule has 1 aromatic carbocycles. The van der Waals surface area contributed by atoms with Crippen LogP contribution in [0.25, 0.3) is 0 Å². The van der Waals surface area contributed by atoms with E-state index in [0.717, 1.165) is 0 Å². The molecule has 0 bridgehead atoms. The number of aromatic nitrogens is 4. The highest BCUT2D eigenvalue weighted by molar-refractivity contribution is 7.99. The summed E-state index contributed by atoms with van der Waals surface area (Å²) >= 11 is 2.40. The molecular weight excluding hydrogens is 384 g/mol. The van der Waals surface area contributed by atoms with Crippen LogP contribution in [0.4, 0.5) is 10.8 Å². The first-order valence-corrected chi connectivity index (χ1v) is 10.2. The first-order chi connectivity index (χ1) is 12.0. The van der Waals surface area contributed by atoms with Crippen molar-refractivity contribution >= 4 is 49.8 Å². The van der Waals surface area contributed by atoms with Crippen molar-refractivity contribution in [3.8, 4) is 0 Å². The molecule has 130 valence electrons. The molecule has 0 aliphatic rings. The highest BCUT2D eigenvalue weighted by Gasteiger charge is 2.15. The lowest BCUT2D eigenvalue weighted by atomic mass is 10.3. The van der Waals surface area contributed by atoms with Crippen LogP contribution >= 0.6 is 23.1 Å². The van der Waals surface area contributed by atoms with Gasteiger partial charge >= 0.3 is 0 Å². The first-order valence-electron chi connectivity index (χ1n) is 6.83. The van der Waals surface area contributed by atoms with Crippen molar-refractivity contribution in [3.63, 3.8) is 0 Å². The lowest BCUT2D eigenvalue weighted by Crippen LogP contribution is -2.15. The van der Waals surface area contributed by atoms with Gasteiger partial charge in [-0.1, -0.05) is 11.8 Å². The normalized spacial score (nSPS) is 11.2. The molecule has 25 heavy (non-hydrogen) atoms. The van der Waals surface area contributed by atoms with Gasteiger partial charge in [0, 0.05) is 17.3 Å². The number of rotatable bonds is 7. The number of carbonyl (C=O) groups is 1. The molecule has 1 amide bonds. The standard InChI is InChI=1S/C13H12N6O3S3/c20-11(7-24-12-15-8-16-18-12)17-9-1-3-10(4-2-9)25(21,22)19-13-14-5-6-23-13/h1-6,8H,7H2,(H,14,19)(H,17,20)(H,15,16,18). The molecule has 2 heterocycles. The molecule has 3 rings (SSSR count). The molecule has 3 aromatic rings. The van der Waals surface area contributed by atoms with E-state index in [4.69, 9.17) is 0 Å². The lowest BCUT2D eigenvalue weighted by molar-refractivity contribution is -0.113. The average molecular weight is 396 g/mol. The van der Waals surface area contributed by atoms with E-state index in [1.54, 1.807) is 5.38 Å². The summed E-state index contributed by atoms with van der Waals surface area (Å²) < 4.78 is 26.8. The van der Waals surface area contributed by atoms with E-state index in [0.29, 0.717) is 16.0 Å². The van der Waals surface area contributed by atoms with Crippen molar-refractivity contribution in [2.75, 3.05) is 15.8 Å². The Morgan fingerprint density at radius 3 is 2.68 bits per heavy atom. The maximum Gasteiger partial charge on any atom is 0.263 e.